The Labute approximate surface area is 240 Å². The van der Waals surface area contributed by atoms with Crippen LogP contribution in [0, 0.1) is 0 Å². The van der Waals surface area contributed by atoms with Gasteiger partial charge in [-0.3, -0.25) is 0 Å². The summed E-state index contributed by atoms with van der Waals surface area (Å²) in [5, 5.41) is 3.59. The van der Waals surface area contributed by atoms with Gasteiger partial charge in [0.25, 0.3) is 0 Å². The van der Waals surface area contributed by atoms with Gasteiger partial charge in [0, 0.05) is 43.1 Å². The van der Waals surface area contributed by atoms with E-state index in [0.717, 1.165) is 38.0 Å². The van der Waals surface area contributed by atoms with E-state index in [2.05, 4.69) is 72.8 Å². The topological polar surface area (TPSA) is 51.6 Å². The van der Waals surface area contributed by atoms with Gasteiger partial charge in [0.05, 0.1) is 5.52 Å². The minimum absolute atomic E-state index is 0.648. The molecule has 0 amide bonds. The van der Waals surface area contributed by atoms with Gasteiger partial charge < -0.3 is 0 Å². The molecule has 41 heavy (non-hydrogen) atoms. The minimum Gasteiger partial charge on any atom is -0.237 e. The van der Waals surface area contributed by atoms with Crippen molar-refractivity contribution in [2.45, 2.75) is 0 Å². The Balaban J connectivity index is 1.31. The van der Waals surface area contributed by atoms with Crippen LogP contribution in [0.5, 0.6) is 0 Å². The lowest BCUT2D eigenvalue weighted by Crippen LogP contribution is -2.00. The van der Waals surface area contributed by atoms with Gasteiger partial charge >= 0.3 is 0 Å². The number of hydrogen-bond acceptors (Lipinski definition) is 5. The van der Waals surface area contributed by atoms with Crippen LogP contribution in [0.3, 0.4) is 0 Å². The molecule has 0 fully saturated rings. The standard InChI is InChI=1S/C36H22N4S/c1-3-11-24(12-4-1)33-38-34(25-13-5-2-6-14-25)40-35(39-33)26-21-19-23(20-22-26)31-27-15-7-9-17-29(27)37-36-32(31)28-16-8-10-18-30(28)41-36/h1-22H. The van der Waals surface area contributed by atoms with Crippen molar-refractivity contribution in [1.29, 1.82) is 0 Å². The molecule has 0 spiro atoms. The first-order chi connectivity index (χ1) is 20.3. The summed E-state index contributed by atoms with van der Waals surface area (Å²) >= 11 is 1.75. The van der Waals surface area contributed by atoms with Gasteiger partial charge in [-0.1, -0.05) is 121 Å². The zero-order valence-electron chi connectivity index (χ0n) is 21.9. The Hall–Kier alpha value is -5.26. The van der Waals surface area contributed by atoms with E-state index in [0.29, 0.717) is 17.5 Å². The molecule has 8 aromatic rings. The lowest BCUT2D eigenvalue weighted by Gasteiger charge is -2.11. The van der Waals surface area contributed by atoms with Gasteiger partial charge in [0.1, 0.15) is 4.83 Å². The van der Waals surface area contributed by atoms with E-state index in [1.807, 2.05) is 60.7 Å². The van der Waals surface area contributed by atoms with E-state index in [-0.39, 0.29) is 0 Å². The van der Waals surface area contributed by atoms with Crippen molar-refractivity contribution in [1.82, 2.24) is 19.9 Å². The number of pyridine rings is 1. The highest BCUT2D eigenvalue weighted by molar-refractivity contribution is 7.25. The van der Waals surface area contributed by atoms with Gasteiger partial charge in [-0.15, -0.1) is 11.3 Å². The molecule has 0 N–H and O–H groups in total. The highest BCUT2D eigenvalue weighted by Gasteiger charge is 2.17. The van der Waals surface area contributed by atoms with Gasteiger partial charge in [-0.2, -0.15) is 0 Å². The molecule has 4 nitrogen and oxygen atoms in total. The first kappa shape index (κ1) is 23.6. The molecule has 0 unspecified atom stereocenters. The maximum Gasteiger partial charge on any atom is 0.164 e. The van der Waals surface area contributed by atoms with E-state index in [1.54, 1.807) is 11.3 Å². The normalized spacial score (nSPS) is 11.4. The molecule has 192 valence electrons. The number of hydrogen-bond donors (Lipinski definition) is 0. The van der Waals surface area contributed by atoms with Crippen molar-refractivity contribution < 1.29 is 0 Å². The smallest absolute Gasteiger partial charge is 0.164 e. The summed E-state index contributed by atoms with van der Waals surface area (Å²) in [6.07, 6.45) is 0. The van der Waals surface area contributed by atoms with Crippen LogP contribution in [0.4, 0.5) is 0 Å². The minimum atomic E-state index is 0.648. The predicted octanol–water partition coefficient (Wildman–Crippen LogP) is 9.46. The predicted molar refractivity (Wildman–Crippen MR) is 170 cm³/mol. The third-order valence-electron chi connectivity index (χ3n) is 7.35. The zero-order valence-corrected chi connectivity index (χ0v) is 22.7. The van der Waals surface area contributed by atoms with E-state index in [9.17, 15) is 0 Å². The van der Waals surface area contributed by atoms with Crippen LogP contribution in [-0.2, 0) is 0 Å². The third kappa shape index (κ3) is 4.15. The highest BCUT2D eigenvalue weighted by atomic mass is 32.1. The number of benzene rings is 5. The van der Waals surface area contributed by atoms with Crippen molar-refractivity contribution in [3.8, 4) is 45.3 Å². The quantitative estimate of drug-likeness (QED) is 0.222. The van der Waals surface area contributed by atoms with Crippen molar-refractivity contribution in [2.24, 2.45) is 0 Å². The van der Waals surface area contributed by atoms with Gasteiger partial charge in [-0.05, 0) is 17.7 Å². The van der Waals surface area contributed by atoms with Crippen molar-refractivity contribution in [2.75, 3.05) is 0 Å². The molecule has 0 radical (unpaired) electrons. The average molecular weight is 543 g/mol. The van der Waals surface area contributed by atoms with Crippen LogP contribution >= 0.6 is 11.3 Å². The summed E-state index contributed by atoms with van der Waals surface area (Å²) in [4.78, 5) is 20.7. The molecule has 0 atom stereocenters. The van der Waals surface area contributed by atoms with E-state index >= 15 is 0 Å². The van der Waals surface area contributed by atoms with Crippen LogP contribution in [0.15, 0.2) is 133 Å². The molecule has 3 heterocycles. The van der Waals surface area contributed by atoms with Gasteiger partial charge in [0.2, 0.25) is 0 Å². The molecule has 5 aromatic carbocycles. The van der Waals surface area contributed by atoms with Crippen molar-refractivity contribution >= 4 is 42.5 Å². The Kier molecular flexibility index (Phi) is 5.61. The fourth-order valence-electron chi connectivity index (χ4n) is 5.40. The maximum absolute atomic E-state index is 5.03. The molecular weight excluding hydrogens is 520 g/mol. The molecule has 5 heteroatoms. The second-order valence-corrected chi connectivity index (χ2v) is 10.9. The van der Waals surface area contributed by atoms with Crippen LogP contribution < -0.4 is 0 Å². The fraction of sp³-hybridized carbons (Fsp3) is 0. The summed E-state index contributed by atoms with van der Waals surface area (Å²) in [7, 11) is 0. The first-order valence-corrected chi connectivity index (χ1v) is 14.3. The van der Waals surface area contributed by atoms with Crippen LogP contribution in [0.2, 0.25) is 0 Å². The average Bonchev–Trinajstić information content (AvgIpc) is 3.42. The van der Waals surface area contributed by atoms with Crippen LogP contribution in [-0.4, -0.2) is 19.9 Å². The Morgan fingerprint density at radius 1 is 0.390 bits per heavy atom. The lowest BCUT2D eigenvalue weighted by atomic mass is 9.95. The SMILES string of the molecule is c1ccc(-c2nc(-c3ccccc3)nc(-c3ccc(-c4c5ccccc5nc5sc6ccccc6c45)cc3)n2)cc1. The summed E-state index contributed by atoms with van der Waals surface area (Å²) in [5.74, 6) is 1.96. The van der Waals surface area contributed by atoms with Crippen molar-refractivity contribution in [3.63, 3.8) is 0 Å². The lowest BCUT2D eigenvalue weighted by molar-refractivity contribution is 1.07. The summed E-state index contributed by atoms with van der Waals surface area (Å²) in [6, 6.07) is 45.7. The molecular formula is C36H22N4S. The second-order valence-electron chi connectivity index (χ2n) is 9.90. The van der Waals surface area contributed by atoms with Gasteiger partial charge in [-0.25, -0.2) is 19.9 Å². The van der Waals surface area contributed by atoms with E-state index < -0.39 is 0 Å². The molecule has 0 aliphatic carbocycles. The second kappa shape index (κ2) is 9.73. The number of para-hydroxylation sites is 1. The summed E-state index contributed by atoms with van der Waals surface area (Å²) < 4.78 is 1.25. The maximum atomic E-state index is 5.03. The molecule has 0 saturated carbocycles. The molecule has 0 aliphatic rings. The molecule has 0 bridgehead atoms. The number of nitrogens with zero attached hydrogens (tertiary/aromatic N) is 4. The Morgan fingerprint density at radius 3 is 1.51 bits per heavy atom. The van der Waals surface area contributed by atoms with Crippen LogP contribution in [0.1, 0.15) is 0 Å². The summed E-state index contributed by atoms with van der Waals surface area (Å²) in [6.45, 7) is 0. The van der Waals surface area contributed by atoms with Gasteiger partial charge in [0.15, 0.2) is 17.5 Å². The number of thiophene rings is 1. The molecule has 0 aliphatic heterocycles. The molecule has 0 saturated heterocycles. The Bertz CT molecular complexity index is 2130. The first-order valence-electron chi connectivity index (χ1n) is 13.5. The largest absolute Gasteiger partial charge is 0.237 e. The fourth-order valence-corrected chi connectivity index (χ4v) is 6.50. The summed E-state index contributed by atoms with van der Waals surface area (Å²) in [5.41, 5.74) is 6.21. The third-order valence-corrected chi connectivity index (χ3v) is 8.42. The van der Waals surface area contributed by atoms with Crippen LogP contribution in [0.25, 0.3) is 76.5 Å². The zero-order chi connectivity index (χ0) is 27.2. The monoisotopic (exact) mass is 542 g/mol. The van der Waals surface area contributed by atoms with E-state index in [1.165, 1.54) is 21.0 Å². The Morgan fingerprint density at radius 2 is 0.878 bits per heavy atom. The molecule has 8 rings (SSSR count). The number of aromatic nitrogens is 4. The number of rotatable bonds is 4. The number of fused-ring (bicyclic) bond motifs is 4. The molecule has 3 aromatic heterocycles. The van der Waals surface area contributed by atoms with Crippen molar-refractivity contribution in [3.05, 3.63) is 133 Å². The highest BCUT2D eigenvalue weighted by Crippen LogP contribution is 2.43. The van der Waals surface area contributed by atoms with E-state index in [4.69, 9.17) is 19.9 Å².